The van der Waals surface area contributed by atoms with Gasteiger partial charge in [0, 0.05) is 6.54 Å². The first-order valence-electron chi connectivity index (χ1n) is 6.69. The third kappa shape index (κ3) is 1.54. The van der Waals surface area contributed by atoms with E-state index in [-0.39, 0.29) is 17.8 Å². The van der Waals surface area contributed by atoms with E-state index in [2.05, 4.69) is 11.4 Å². The van der Waals surface area contributed by atoms with Crippen molar-refractivity contribution in [3.8, 4) is 0 Å². The Bertz CT molecular complexity index is 713. The Balaban J connectivity index is 1.89. The minimum absolute atomic E-state index is 0.0451. The van der Waals surface area contributed by atoms with Gasteiger partial charge in [0.05, 0.1) is 11.4 Å². The van der Waals surface area contributed by atoms with Crippen LogP contribution in [0.1, 0.15) is 17.2 Å². The van der Waals surface area contributed by atoms with E-state index < -0.39 is 0 Å². The number of hydrogen-bond acceptors (Lipinski definition) is 2. The normalized spacial score (nSPS) is 19.8. The highest BCUT2D eigenvalue weighted by atomic mass is 19.1. The van der Waals surface area contributed by atoms with E-state index in [0.29, 0.717) is 5.69 Å². The molecule has 2 aromatic carbocycles. The van der Waals surface area contributed by atoms with Crippen molar-refractivity contribution < 1.29 is 9.18 Å². The van der Waals surface area contributed by atoms with Crippen molar-refractivity contribution in [2.45, 2.75) is 12.5 Å². The molecule has 4 rings (SSSR count). The molecule has 0 spiro atoms. The largest absolute Gasteiger partial charge is 0.354 e. The molecule has 1 atom stereocenters. The summed E-state index contributed by atoms with van der Waals surface area (Å²) in [5.41, 5.74) is 3.67. The fraction of sp³-hybridized carbons (Fsp3) is 0.188. The highest BCUT2D eigenvalue weighted by molar-refractivity contribution is 6.04. The van der Waals surface area contributed by atoms with Crippen LogP contribution in [0.15, 0.2) is 42.5 Å². The molecule has 0 aromatic heterocycles. The number of carbonyl (C=O) groups excluding carboxylic acids is 1. The van der Waals surface area contributed by atoms with Gasteiger partial charge in [0.25, 0.3) is 5.91 Å². The van der Waals surface area contributed by atoms with Crippen LogP contribution in [-0.2, 0) is 11.2 Å². The standard InChI is InChI=1S/C16H13FN2O/c17-11-5-6-13-14(9-11)19-8-7-10-3-1-2-4-12(10)15(19)16(20)18-13/h1-6,9,15H,7-8H2,(H,18,20). The van der Waals surface area contributed by atoms with E-state index in [1.165, 1.54) is 17.7 Å². The summed E-state index contributed by atoms with van der Waals surface area (Å²) < 4.78 is 13.5. The molecule has 4 heteroatoms. The zero-order valence-corrected chi connectivity index (χ0v) is 10.8. The number of anilines is 2. The summed E-state index contributed by atoms with van der Waals surface area (Å²) in [6, 6.07) is 12.1. The molecule has 100 valence electrons. The first-order valence-corrected chi connectivity index (χ1v) is 6.69. The number of carbonyl (C=O) groups is 1. The van der Waals surface area contributed by atoms with Crippen molar-refractivity contribution >= 4 is 17.3 Å². The summed E-state index contributed by atoms with van der Waals surface area (Å²) in [6.45, 7) is 0.728. The van der Waals surface area contributed by atoms with Gasteiger partial charge in [0.15, 0.2) is 0 Å². The number of benzene rings is 2. The lowest BCUT2D eigenvalue weighted by Gasteiger charge is -2.42. The maximum Gasteiger partial charge on any atom is 0.251 e. The Hall–Kier alpha value is -2.36. The second-order valence-electron chi connectivity index (χ2n) is 5.20. The predicted octanol–water partition coefficient (Wildman–Crippen LogP) is 2.88. The summed E-state index contributed by atoms with van der Waals surface area (Å²) in [5, 5.41) is 2.88. The molecule has 3 nitrogen and oxygen atoms in total. The van der Waals surface area contributed by atoms with Gasteiger partial charge in [-0.3, -0.25) is 4.79 Å². The molecule has 0 saturated heterocycles. The molecular formula is C16H13FN2O. The molecule has 0 bridgehead atoms. The second-order valence-corrected chi connectivity index (χ2v) is 5.20. The summed E-state index contributed by atoms with van der Waals surface area (Å²) in [6.07, 6.45) is 0.871. The third-order valence-corrected chi connectivity index (χ3v) is 4.06. The number of amides is 1. The van der Waals surface area contributed by atoms with Gasteiger partial charge in [-0.25, -0.2) is 4.39 Å². The van der Waals surface area contributed by atoms with E-state index in [4.69, 9.17) is 0 Å². The molecule has 1 amide bonds. The lowest BCUT2D eigenvalue weighted by atomic mass is 9.90. The van der Waals surface area contributed by atoms with Gasteiger partial charge in [-0.2, -0.15) is 0 Å². The zero-order chi connectivity index (χ0) is 13.7. The lowest BCUT2D eigenvalue weighted by molar-refractivity contribution is -0.117. The Morgan fingerprint density at radius 3 is 2.95 bits per heavy atom. The van der Waals surface area contributed by atoms with Gasteiger partial charge in [0.2, 0.25) is 0 Å². The Morgan fingerprint density at radius 2 is 2.05 bits per heavy atom. The van der Waals surface area contributed by atoms with Crippen LogP contribution in [0.4, 0.5) is 15.8 Å². The molecule has 0 radical (unpaired) electrons. The molecule has 2 aromatic rings. The van der Waals surface area contributed by atoms with Crippen LogP contribution in [-0.4, -0.2) is 12.5 Å². The summed E-state index contributed by atoms with van der Waals surface area (Å²) in [5.74, 6) is -0.325. The van der Waals surface area contributed by atoms with Crippen molar-refractivity contribution in [1.82, 2.24) is 0 Å². The fourth-order valence-electron chi connectivity index (χ4n) is 3.16. The van der Waals surface area contributed by atoms with Crippen molar-refractivity contribution in [2.75, 3.05) is 16.8 Å². The monoisotopic (exact) mass is 268 g/mol. The number of rotatable bonds is 0. The second kappa shape index (κ2) is 4.07. The number of nitrogens with zero attached hydrogens (tertiary/aromatic N) is 1. The van der Waals surface area contributed by atoms with E-state index >= 15 is 0 Å². The van der Waals surface area contributed by atoms with Crippen molar-refractivity contribution in [3.63, 3.8) is 0 Å². The minimum Gasteiger partial charge on any atom is -0.354 e. The third-order valence-electron chi connectivity index (χ3n) is 4.06. The van der Waals surface area contributed by atoms with Gasteiger partial charge in [-0.1, -0.05) is 24.3 Å². The number of fused-ring (bicyclic) bond motifs is 5. The Kier molecular flexibility index (Phi) is 2.33. The van der Waals surface area contributed by atoms with Gasteiger partial charge in [0.1, 0.15) is 11.9 Å². The Morgan fingerprint density at radius 1 is 1.20 bits per heavy atom. The first-order chi connectivity index (χ1) is 9.74. The smallest absolute Gasteiger partial charge is 0.251 e. The van der Waals surface area contributed by atoms with Gasteiger partial charge in [-0.15, -0.1) is 0 Å². The van der Waals surface area contributed by atoms with E-state index in [9.17, 15) is 9.18 Å². The van der Waals surface area contributed by atoms with Crippen LogP contribution in [0.3, 0.4) is 0 Å². The molecule has 2 aliphatic rings. The topological polar surface area (TPSA) is 32.3 Å². The maximum absolute atomic E-state index is 13.5. The van der Waals surface area contributed by atoms with Gasteiger partial charge >= 0.3 is 0 Å². The SMILES string of the molecule is O=C1Nc2ccc(F)cc2N2CCc3ccccc3C12. The van der Waals surface area contributed by atoms with E-state index in [1.54, 1.807) is 6.07 Å². The molecular weight excluding hydrogens is 255 g/mol. The van der Waals surface area contributed by atoms with Crippen molar-refractivity contribution in [1.29, 1.82) is 0 Å². The van der Waals surface area contributed by atoms with E-state index in [1.807, 2.05) is 23.1 Å². The van der Waals surface area contributed by atoms with Crippen LogP contribution in [0.25, 0.3) is 0 Å². The molecule has 20 heavy (non-hydrogen) atoms. The van der Waals surface area contributed by atoms with Crippen molar-refractivity contribution in [3.05, 3.63) is 59.4 Å². The molecule has 0 aliphatic carbocycles. The highest BCUT2D eigenvalue weighted by Gasteiger charge is 2.37. The molecule has 0 fully saturated rings. The van der Waals surface area contributed by atoms with Crippen LogP contribution in [0.5, 0.6) is 0 Å². The van der Waals surface area contributed by atoms with Crippen LogP contribution in [0, 0.1) is 5.82 Å². The van der Waals surface area contributed by atoms with Gasteiger partial charge < -0.3 is 10.2 Å². The van der Waals surface area contributed by atoms with Gasteiger partial charge in [-0.05, 0) is 35.7 Å². The first kappa shape index (κ1) is 11.5. The fourth-order valence-corrected chi connectivity index (χ4v) is 3.16. The molecule has 2 aliphatic heterocycles. The average molecular weight is 268 g/mol. The average Bonchev–Trinajstić information content (AvgIpc) is 2.47. The maximum atomic E-state index is 13.5. The van der Waals surface area contributed by atoms with Crippen LogP contribution in [0.2, 0.25) is 0 Å². The van der Waals surface area contributed by atoms with Crippen molar-refractivity contribution in [2.24, 2.45) is 0 Å². The van der Waals surface area contributed by atoms with E-state index in [0.717, 1.165) is 24.2 Å². The molecule has 2 heterocycles. The molecule has 0 saturated carbocycles. The van der Waals surface area contributed by atoms with Crippen LogP contribution < -0.4 is 10.2 Å². The number of hydrogen-bond donors (Lipinski definition) is 1. The molecule has 1 unspecified atom stereocenters. The summed E-state index contributed by atoms with van der Waals surface area (Å²) in [4.78, 5) is 14.4. The predicted molar refractivity (Wildman–Crippen MR) is 75.3 cm³/mol. The minimum atomic E-state index is -0.353. The quantitative estimate of drug-likeness (QED) is 0.796. The molecule has 1 N–H and O–H groups in total. The zero-order valence-electron chi connectivity index (χ0n) is 10.8. The summed E-state index contributed by atoms with van der Waals surface area (Å²) >= 11 is 0. The highest BCUT2D eigenvalue weighted by Crippen LogP contribution is 2.41. The van der Waals surface area contributed by atoms with Crippen LogP contribution >= 0.6 is 0 Å². The lowest BCUT2D eigenvalue weighted by Crippen LogP contribution is -2.45. The Labute approximate surface area is 116 Å². The number of halogens is 1. The number of nitrogens with one attached hydrogen (secondary N) is 1. The summed E-state index contributed by atoms with van der Waals surface area (Å²) in [7, 11) is 0.